The first kappa shape index (κ1) is 12.3. The Balaban J connectivity index is 2.22. The minimum Gasteiger partial charge on any atom is -0.369 e. The fourth-order valence-corrected chi connectivity index (χ4v) is 2.32. The van der Waals surface area contributed by atoms with Gasteiger partial charge in [0, 0.05) is 11.6 Å². The Bertz CT molecular complexity index is 766. The Morgan fingerprint density at radius 2 is 2.15 bits per heavy atom. The normalized spacial score (nSPS) is 14.1. The molecule has 0 saturated heterocycles. The molecule has 0 bridgehead atoms. The summed E-state index contributed by atoms with van der Waals surface area (Å²) >= 11 is 0. The molecule has 1 aromatic carbocycles. The van der Waals surface area contributed by atoms with Crippen LogP contribution in [0.25, 0.3) is 10.9 Å². The van der Waals surface area contributed by atoms with Gasteiger partial charge in [0.05, 0.1) is 17.4 Å². The van der Waals surface area contributed by atoms with Crippen LogP contribution in [0.3, 0.4) is 0 Å². The van der Waals surface area contributed by atoms with E-state index in [9.17, 15) is 4.79 Å². The fourth-order valence-electron chi connectivity index (χ4n) is 2.32. The summed E-state index contributed by atoms with van der Waals surface area (Å²) in [5.41, 5.74) is 6.97. The maximum absolute atomic E-state index is 12.1. The van der Waals surface area contributed by atoms with Crippen LogP contribution in [0.2, 0.25) is 0 Å². The third-order valence-electron chi connectivity index (χ3n) is 3.69. The van der Waals surface area contributed by atoms with Crippen molar-refractivity contribution >= 4 is 16.8 Å². The lowest BCUT2D eigenvalue weighted by atomic mass is 9.78. The quantitative estimate of drug-likeness (QED) is 0.757. The molecule has 5 nitrogen and oxygen atoms in total. The number of rotatable bonds is 3. The van der Waals surface area contributed by atoms with Gasteiger partial charge >= 0.3 is 0 Å². The van der Waals surface area contributed by atoms with Gasteiger partial charge in [-0.05, 0) is 30.7 Å². The molecule has 0 saturated carbocycles. The number of pyridine rings is 1. The minimum atomic E-state index is -0.972. The van der Waals surface area contributed by atoms with Crippen molar-refractivity contribution in [3.63, 3.8) is 0 Å². The molecule has 1 amide bonds. The first-order valence-corrected chi connectivity index (χ1v) is 6.27. The topological polar surface area (TPSA) is 84.7 Å². The van der Waals surface area contributed by atoms with E-state index < -0.39 is 11.3 Å². The van der Waals surface area contributed by atoms with E-state index in [1.807, 2.05) is 36.4 Å². The van der Waals surface area contributed by atoms with Crippen molar-refractivity contribution in [2.24, 2.45) is 5.73 Å². The number of hydrogen-bond acceptors (Lipinski definition) is 3. The highest BCUT2D eigenvalue weighted by molar-refractivity contribution is 5.91. The maximum Gasteiger partial charge on any atom is 0.233 e. The second-order valence-corrected chi connectivity index (χ2v) is 4.88. The molecule has 2 heterocycles. The maximum atomic E-state index is 12.1. The predicted octanol–water partition coefficient (Wildman–Crippen LogP) is 1.75. The van der Waals surface area contributed by atoms with Crippen LogP contribution in [0.15, 0.2) is 48.8 Å². The van der Waals surface area contributed by atoms with Crippen LogP contribution >= 0.6 is 0 Å². The number of nitrogens with two attached hydrogens (primary N) is 1. The number of carbonyl (C=O) groups excluding carboxylic acids is 1. The fraction of sp³-hybridized carbons (Fsp3) is 0.133. The molecule has 0 aliphatic heterocycles. The number of H-pyrrole nitrogens is 1. The molecule has 0 aliphatic rings. The Labute approximate surface area is 115 Å². The molecule has 0 aliphatic carbocycles. The van der Waals surface area contributed by atoms with Crippen LogP contribution in [0.5, 0.6) is 0 Å². The van der Waals surface area contributed by atoms with E-state index >= 15 is 0 Å². The molecule has 5 heteroatoms. The van der Waals surface area contributed by atoms with E-state index in [4.69, 9.17) is 5.73 Å². The number of aromatic nitrogens is 3. The van der Waals surface area contributed by atoms with Gasteiger partial charge in [-0.15, -0.1) is 0 Å². The van der Waals surface area contributed by atoms with Gasteiger partial charge in [0.1, 0.15) is 5.41 Å². The Morgan fingerprint density at radius 1 is 1.30 bits per heavy atom. The smallest absolute Gasteiger partial charge is 0.233 e. The molecule has 100 valence electrons. The van der Waals surface area contributed by atoms with Crippen LogP contribution in [0.4, 0.5) is 0 Å². The highest BCUT2D eigenvalue weighted by Gasteiger charge is 2.36. The van der Waals surface area contributed by atoms with Crippen molar-refractivity contribution in [3.8, 4) is 0 Å². The number of hydrogen-bond donors (Lipinski definition) is 2. The van der Waals surface area contributed by atoms with Crippen molar-refractivity contribution in [3.05, 3.63) is 60.0 Å². The molecule has 1 unspecified atom stereocenters. The number of fused-ring (bicyclic) bond motifs is 1. The second kappa shape index (κ2) is 4.45. The van der Waals surface area contributed by atoms with Gasteiger partial charge in [0.2, 0.25) is 5.91 Å². The third kappa shape index (κ3) is 1.75. The average Bonchev–Trinajstić information content (AvgIpc) is 2.94. The highest BCUT2D eigenvalue weighted by Crippen LogP contribution is 2.31. The zero-order valence-corrected chi connectivity index (χ0v) is 11.0. The van der Waals surface area contributed by atoms with Crippen molar-refractivity contribution in [2.45, 2.75) is 12.3 Å². The molecular formula is C15H14N4O. The van der Waals surface area contributed by atoms with E-state index in [1.165, 1.54) is 0 Å². The summed E-state index contributed by atoms with van der Waals surface area (Å²) < 4.78 is 0. The van der Waals surface area contributed by atoms with Crippen LogP contribution in [-0.4, -0.2) is 21.1 Å². The number of benzene rings is 1. The standard InChI is InChI=1S/C15H14N4O/c1-15(14(16)20,13-4-2-3-7-17-13)11-6-5-10-9-18-19-12(10)8-11/h2-9H,1H3,(H2,16,20)(H,18,19). The Kier molecular flexibility index (Phi) is 2.75. The number of primary amides is 1. The summed E-state index contributed by atoms with van der Waals surface area (Å²) in [7, 11) is 0. The molecule has 0 radical (unpaired) electrons. The van der Waals surface area contributed by atoms with E-state index in [0.29, 0.717) is 5.69 Å². The number of nitrogens with zero attached hydrogens (tertiary/aromatic N) is 2. The Morgan fingerprint density at radius 3 is 2.85 bits per heavy atom. The second-order valence-electron chi connectivity index (χ2n) is 4.88. The van der Waals surface area contributed by atoms with Gasteiger partial charge in [0.25, 0.3) is 0 Å². The van der Waals surface area contributed by atoms with Crippen molar-refractivity contribution in [2.75, 3.05) is 0 Å². The summed E-state index contributed by atoms with van der Waals surface area (Å²) in [6.07, 6.45) is 3.40. The van der Waals surface area contributed by atoms with Gasteiger partial charge in [-0.25, -0.2) is 0 Å². The summed E-state index contributed by atoms with van der Waals surface area (Å²) in [4.78, 5) is 16.3. The zero-order valence-electron chi connectivity index (χ0n) is 11.0. The van der Waals surface area contributed by atoms with Crippen molar-refractivity contribution in [1.29, 1.82) is 0 Å². The number of aromatic amines is 1. The van der Waals surface area contributed by atoms with Crippen LogP contribution in [-0.2, 0) is 10.2 Å². The van der Waals surface area contributed by atoms with Crippen LogP contribution < -0.4 is 5.73 Å². The lowest BCUT2D eigenvalue weighted by Gasteiger charge is -2.26. The molecule has 2 aromatic heterocycles. The molecular weight excluding hydrogens is 252 g/mol. The third-order valence-corrected chi connectivity index (χ3v) is 3.69. The van der Waals surface area contributed by atoms with Gasteiger partial charge in [-0.1, -0.05) is 18.2 Å². The van der Waals surface area contributed by atoms with Gasteiger partial charge in [0.15, 0.2) is 0 Å². The number of nitrogens with one attached hydrogen (secondary N) is 1. The largest absolute Gasteiger partial charge is 0.369 e. The van der Waals surface area contributed by atoms with Crippen molar-refractivity contribution < 1.29 is 4.79 Å². The zero-order chi connectivity index (χ0) is 14.2. The van der Waals surface area contributed by atoms with Gasteiger partial charge < -0.3 is 5.73 Å². The summed E-state index contributed by atoms with van der Waals surface area (Å²) in [5, 5.41) is 7.87. The summed E-state index contributed by atoms with van der Waals surface area (Å²) in [5.74, 6) is -0.435. The van der Waals surface area contributed by atoms with E-state index in [0.717, 1.165) is 16.5 Å². The molecule has 3 N–H and O–H groups in total. The van der Waals surface area contributed by atoms with Crippen molar-refractivity contribution in [1.82, 2.24) is 15.2 Å². The number of carbonyl (C=O) groups is 1. The molecule has 0 spiro atoms. The SMILES string of the molecule is CC(C(N)=O)(c1ccc2cn[nH]c2c1)c1ccccn1. The molecule has 20 heavy (non-hydrogen) atoms. The lowest BCUT2D eigenvalue weighted by molar-refractivity contribution is -0.121. The number of amides is 1. The minimum absolute atomic E-state index is 0.435. The van der Waals surface area contributed by atoms with Gasteiger partial charge in [-0.3, -0.25) is 14.9 Å². The van der Waals surface area contributed by atoms with E-state index in [-0.39, 0.29) is 0 Å². The molecule has 1 atom stereocenters. The Hall–Kier alpha value is -2.69. The molecule has 3 rings (SSSR count). The first-order chi connectivity index (χ1) is 9.62. The lowest BCUT2D eigenvalue weighted by Crippen LogP contribution is -2.40. The predicted molar refractivity (Wildman–Crippen MR) is 76.0 cm³/mol. The highest BCUT2D eigenvalue weighted by atomic mass is 16.1. The first-order valence-electron chi connectivity index (χ1n) is 6.27. The van der Waals surface area contributed by atoms with Gasteiger partial charge in [-0.2, -0.15) is 5.10 Å². The van der Waals surface area contributed by atoms with Crippen LogP contribution in [0, 0.1) is 0 Å². The average molecular weight is 266 g/mol. The summed E-state index contributed by atoms with van der Waals surface area (Å²) in [6, 6.07) is 11.2. The van der Waals surface area contributed by atoms with E-state index in [1.54, 1.807) is 19.3 Å². The monoisotopic (exact) mass is 266 g/mol. The van der Waals surface area contributed by atoms with Crippen LogP contribution in [0.1, 0.15) is 18.2 Å². The molecule has 3 aromatic rings. The molecule has 0 fully saturated rings. The van der Waals surface area contributed by atoms with E-state index in [2.05, 4.69) is 15.2 Å². The summed E-state index contributed by atoms with van der Waals surface area (Å²) in [6.45, 7) is 1.79.